The summed E-state index contributed by atoms with van der Waals surface area (Å²) < 4.78 is 0. The zero-order valence-corrected chi connectivity index (χ0v) is 27.5. The first-order chi connectivity index (χ1) is 22.1. The molecule has 2 aromatic carbocycles. The number of carbonyl (C=O) groups excluding carboxylic acids is 3. The Balaban J connectivity index is 1.47. The number of aromatic amines is 1. The number of hydrogen-bond acceptors (Lipinski definition) is 6. The molecule has 1 aliphatic carbocycles. The van der Waals surface area contributed by atoms with Gasteiger partial charge in [-0.1, -0.05) is 96.6 Å². The molecule has 3 aromatic rings. The van der Waals surface area contributed by atoms with Crippen LogP contribution in [0.5, 0.6) is 0 Å². The number of nitrogens with zero attached hydrogens (tertiary/aromatic N) is 1. The lowest BCUT2D eigenvalue weighted by molar-refractivity contribution is -0.140. The number of aliphatic hydroxyl groups is 2. The second kappa shape index (κ2) is 16.7. The molecule has 1 heterocycles. The molecule has 10 nitrogen and oxygen atoms in total. The molecular formula is C36H51N5O5. The van der Waals surface area contributed by atoms with E-state index < -0.39 is 36.1 Å². The number of benzene rings is 2. The molecule has 0 saturated heterocycles. The molecule has 0 radical (unpaired) electrons. The molecule has 10 heteroatoms. The lowest BCUT2D eigenvalue weighted by Crippen LogP contribution is -2.57. The Kier molecular flexibility index (Phi) is 12.7. The Morgan fingerprint density at radius 3 is 2.22 bits per heavy atom. The zero-order chi connectivity index (χ0) is 33.2. The molecule has 4 rings (SSSR count). The molecule has 6 atom stereocenters. The number of fused-ring (bicyclic) bond motifs is 1. The van der Waals surface area contributed by atoms with Crippen LogP contribution in [0.25, 0.3) is 11.0 Å². The quantitative estimate of drug-likeness (QED) is 0.145. The van der Waals surface area contributed by atoms with Crippen LogP contribution < -0.4 is 16.0 Å². The van der Waals surface area contributed by atoms with Gasteiger partial charge in [-0.3, -0.25) is 14.4 Å². The van der Waals surface area contributed by atoms with Crippen LogP contribution in [0.3, 0.4) is 0 Å². The Labute approximate surface area is 272 Å². The predicted octanol–water partition coefficient (Wildman–Crippen LogP) is 4.47. The number of nitrogens with one attached hydrogen (secondary N) is 4. The number of aliphatic hydroxyl groups excluding tert-OH is 2. The van der Waals surface area contributed by atoms with Gasteiger partial charge in [0.25, 0.3) is 5.91 Å². The van der Waals surface area contributed by atoms with E-state index in [-0.39, 0.29) is 30.2 Å². The highest BCUT2D eigenvalue weighted by molar-refractivity contribution is 5.94. The zero-order valence-electron chi connectivity index (χ0n) is 27.5. The van der Waals surface area contributed by atoms with E-state index in [4.69, 9.17) is 0 Å². The number of imidazole rings is 1. The van der Waals surface area contributed by atoms with Crippen molar-refractivity contribution >= 4 is 28.8 Å². The van der Waals surface area contributed by atoms with Gasteiger partial charge in [0.15, 0.2) is 0 Å². The predicted molar refractivity (Wildman–Crippen MR) is 179 cm³/mol. The van der Waals surface area contributed by atoms with E-state index in [0.717, 1.165) is 36.7 Å². The number of aromatic nitrogens is 2. The van der Waals surface area contributed by atoms with E-state index in [1.165, 1.54) is 6.42 Å². The standard InChI is InChI=1S/C36H51N5O5/c1-5-23(4)31(36(46)37-21-29-38-26-18-12-13-19-27(26)39-29)41-35(45)30(22(2)3)33(43)32(42)28(20-24-14-8-6-9-15-24)40-34(44)25-16-10-7-11-17-25/h7,10-13,16-19,22-24,28,30-33,42-43H,5-6,8-9,14-15,20-21H2,1-4H3,(H,37,46)(H,38,39)(H,40,44)(H,41,45)/t23?,28-,30+,31-,32+,33+/m0/s1. The summed E-state index contributed by atoms with van der Waals surface area (Å²) in [7, 11) is 0. The monoisotopic (exact) mass is 633 g/mol. The molecule has 0 aliphatic heterocycles. The Morgan fingerprint density at radius 2 is 1.57 bits per heavy atom. The molecule has 1 saturated carbocycles. The second-order valence-electron chi connectivity index (χ2n) is 13.2. The fourth-order valence-electron chi connectivity index (χ4n) is 6.53. The van der Waals surface area contributed by atoms with Crippen molar-refractivity contribution in [1.29, 1.82) is 0 Å². The Hall–Kier alpha value is -3.76. The molecular weight excluding hydrogens is 582 g/mol. The minimum absolute atomic E-state index is 0.162. The van der Waals surface area contributed by atoms with Crippen LogP contribution in [0, 0.1) is 23.7 Å². The maximum Gasteiger partial charge on any atom is 0.251 e. The summed E-state index contributed by atoms with van der Waals surface area (Å²) in [4.78, 5) is 48.1. The fourth-order valence-corrected chi connectivity index (χ4v) is 6.53. The summed E-state index contributed by atoms with van der Waals surface area (Å²) in [6.45, 7) is 7.60. The van der Waals surface area contributed by atoms with Crippen molar-refractivity contribution in [1.82, 2.24) is 25.9 Å². The van der Waals surface area contributed by atoms with Gasteiger partial charge in [-0.05, 0) is 48.4 Å². The van der Waals surface area contributed by atoms with E-state index in [9.17, 15) is 24.6 Å². The highest BCUT2D eigenvalue weighted by atomic mass is 16.3. The van der Waals surface area contributed by atoms with Crippen molar-refractivity contribution in [2.24, 2.45) is 23.7 Å². The number of rotatable bonds is 15. The van der Waals surface area contributed by atoms with Crippen molar-refractivity contribution in [2.45, 2.75) is 103 Å². The number of H-pyrrole nitrogens is 1. The highest BCUT2D eigenvalue weighted by Crippen LogP contribution is 2.30. The lowest BCUT2D eigenvalue weighted by Gasteiger charge is -2.36. The third kappa shape index (κ3) is 9.16. The topological polar surface area (TPSA) is 156 Å². The van der Waals surface area contributed by atoms with Gasteiger partial charge in [0.1, 0.15) is 18.0 Å². The smallest absolute Gasteiger partial charge is 0.251 e. The van der Waals surface area contributed by atoms with Crippen molar-refractivity contribution < 1.29 is 24.6 Å². The van der Waals surface area contributed by atoms with Gasteiger partial charge >= 0.3 is 0 Å². The highest BCUT2D eigenvalue weighted by Gasteiger charge is 2.41. The molecule has 3 amide bonds. The maximum absolute atomic E-state index is 13.8. The van der Waals surface area contributed by atoms with Crippen molar-refractivity contribution in [2.75, 3.05) is 0 Å². The lowest BCUT2D eigenvalue weighted by atomic mass is 9.79. The summed E-state index contributed by atoms with van der Waals surface area (Å²) >= 11 is 0. The molecule has 0 bridgehead atoms. The number of carbonyl (C=O) groups is 3. The van der Waals surface area contributed by atoms with Gasteiger partial charge in [0.05, 0.1) is 35.6 Å². The van der Waals surface area contributed by atoms with Gasteiger partial charge in [0, 0.05) is 5.56 Å². The van der Waals surface area contributed by atoms with Crippen LogP contribution in [0.15, 0.2) is 54.6 Å². The van der Waals surface area contributed by atoms with Crippen LogP contribution in [-0.2, 0) is 16.1 Å². The maximum atomic E-state index is 13.8. The SMILES string of the molecule is CCC(C)[C@H](NC(=O)[C@H](C(C)C)[C@@H](O)[C@H](O)[C@H](CC1CCCCC1)NC(=O)c1ccccc1)C(=O)NCc1nc2ccccc2[nH]1. The van der Waals surface area contributed by atoms with Crippen LogP contribution in [0.4, 0.5) is 0 Å². The first-order valence-electron chi connectivity index (χ1n) is 16.8. The van der Waals surface area contributed by atoms with Crippen LogP contribution >= 0.6 is 0 Å². The molecule has 1 aliphatic rings. The number of para-hydroxylation sites is 2. The van der Waals surface area contributed by atoms with Crippen LogP contribution in [0.2, 0.25) is 0 Å². The number of hydrogen-bond donors (Lipinski definition) is 6. The summed E-state index contributed by atoms with van der Waals surface area (Å²) in [5.41, 5.74) is 2.13. The fraction of sp³-hybridized carbons (Fsp3) is 0.556. The minimum Gasteiger partial charge on any atom is -0.390 e. The van der Waals surface area contributed by atoms with E-state index in [0.29, 0.717) is 30.1 Å². The molecule has 6 N–H and O–H groups in total. The van der Waals surface area contributed by atoms with E-state index in [1.807, 2.05) is 44.2 Å². The summed E-state index contributed by atoms with van der Waals surface area (Å²) in [5.74, 6) is -1.89. The second-order valence-corrected chi connectivity index (χ2v) is 13.2. The molecule has 46 heavy (non-hydrogen) atoms. The van der Waals surface area contributed by atoms with Crippen molar-refractivity contribution in [3.8, 4) is 0 Å². The van der Waals surface area contributed by atoms with Gasteiger partial charge in [-0.2, -0.15) is 0 Å². The first-order valence-corrected chi connectivity index (χ1v) is 16.8. The molecule has 1 fully saturated rings. The van der Waals surface area contributed by atoms with Gasteiger partial charge in [-0.25, -0.2) is 4.98 Å². The summed E-state index contributed by atoms with van der Waals surface area (Å²) in [5, 5.41) is 32.0. The molecule has 250 valence electrons. The average molecular weight is 634 g/mol. The molecule has 0 spiro atoms. The molecule has 1 aromatic heterocycles. The van der Waals surface area contributed by atoms with Gasteiger partial charge in [-0.15, -0.1) is 0 Å². The third-order valence-corrected chi connectivity index (χ3v) is 9.48. The van der Waals surface area contributed by atoms with Crippen LogP contribution in [-0.4, -0.2) is 62.2 Å². The summed E-state index contributed by atoms with van der Waals surface area (Å²) in [6, 6.07) is 14.8. The van der Waals surface area contributed by atoms with Gasteiger partial charge in [0.2, 0.25) is 11.8 Å². The van der Waals surface area contributed by atoms with E-state index in [2.05, 4.69) is 25.9 Å². The van der Waals surface area contributed by atoms with Crippen LogP contribution in [0.1, 0.15) is 88.8 Å². The summed E-state index contributed by atoms with van der Waals surface area (Å²) in [6.07, 6.45) is 3.62. The van der Waals surface area contributed by atoms with E-state index in [1.54, 1.807) is 38.1 Å². The normalized spacial score (nSPS) is 17.9. The largest absolute Gasteiger partial charge is 0.390 e. The van der Waals surface area contributed by atoms with E-state index >= 15 is 0 Å². The third-order valence-electron chi connectivity index (χ3n) is 9.48. The molecule has 1 unspecified atom stereocenters. The Bertz CT molecular complexity index is 1390. The van der Waals surface area contributed by atoms with Gasteiger partial charge < -0.3 is 31.1 Å². The average Bonchev–Trinajstić information content (AvgIpc) is 3.49. The number of amides is 3. The van der Waals surface area contributed by atoms with Crippen molar-refractivity contribution in [3.63, 3.8) is 0 Å². The first kappa shape index (κ1) is 35.1. The van der Waals surface area contributed by atoms with Crippen molar-refractivity contribution in [3.05, 3.63) is 66.0 Å². The minimum atomic E-state index is -1.47. The Morgan fingerprint density at radius 1 is 0.891 bits per heavy atom.